The maximum absolute atomic E-state index is 12.5. The summed E-state index contributed by atoms with van der Waals surface area (Å²) in [5.41, 5.74) is 3.27. The first kappa shape index (κ1) is 16.3. The second-order valence-corrected chi connectivity index (χ2v) is 5.66. The second-order valence-electron chi connectivity index (χ2n) is 5.66. The standard InChI is InChI=1S/C20H25NO/c1-3-5-9-16-12-14-18(15-13-16)21-20(22)19(4-2)17-10-7-6-8-11-17/h6-8,10-15,19H,3-5,9H2,1-2H3,(H,21,22). The maximum atomic E-state index is 12.5. The molecule has 0 aliphatic rings. The number of benzene rings is 2. The first-order chi connectivity index (χ1) is 10.7. The summed E-state index contributed by atoms with van der Waals surface area (Å²) in [6, 6.07) is 18.2. The topological polar surface area (TPSA) is 29.1 Å². The molecular weight excluding hydrogens is 270 g/mol. The van der Waals surface area contributed by atoms with Crippen molar-refractivity contribution in [2.45, 2.75) is 45.4 Å². The number of rotatable bonds is 7. The summed E-state index contributed by atoms with van der Waals surface area (Å²) >= 11 is 0. The van der Waals surface area contributed by atoms with Crippen molar-refractivity contribution in [2.24, 2.45) is 0 Å². The van der Waals surface area contributed by atoms with Crippen LogP contribution in [0, 0.1) is 0 Å². The highest BCUT2D eigenvalue weighted by molar-refractivity contribution is 5.95. The largest absolute Gasteiger partial charge is 0.326 e. The molecule has 0 bridgehead atoms. The smallest absolute Gasteiger partial charge is 0.231 e. The zero-order chi connectivity index (χ0) is 15.8. The van der Waals surface area contributed by atoms with E-state index in [4.69, 9.17) is 0 Å². The van der Waals surface area contributed by atoms with Gasteiger partial charge in [0.1, 0.15) is 0 Å². The van der Waals surface area contributed by atoms with Crippen molar-refractivity contribution >= 4 is 11.6 Å². The first-order valence-electron chi connectivity index (χ1n) is 8.19. The number of carbonyl (C=O) groups is 1. The summed E-state index contributed by atoms with van der Waals surface area (Å²) in [5.74, 6) is -0.0315. The molecule has 0 heterocycles. The molecule has 2 nitrogen and oxygen atoms in total. The minimum absolute atomic E-state index is 0.0648. The monoisotopic (exact) mass is 295 g/mol. The summed E-state index contributed by atoms with van der Waals surface area (Å²) in [5, 5.41) is 3.04. The summed E-state index contributed by atoms with van der Waals surface area (Å²) in [6.45, 7) is 4.24. The zero-order valence-corrected chi connectivity index (χ0v) is 13.5. The number of amides is 1. The lowest BCUT2D eigenvalue weighted by molar-refractivity contribution is -0.117. The van der Waals surface area contributed by atoms with Gasteiger partial charge in [-0.3, -0.25) is 4.79 Å². The van der Waals surface area contributed by atoms with Gasteiger partial charge in [-0.1, -0.05) is 62.7 Å². The van der Waals surface area contributed by atoms with Crippen LogP contribution in [0.25, 0.3) is 0 Å². The Kier molecular flexibility index (Phi) is 6.20. The van der Waals surface area contributed by atoms with E-state index in [1.54, 1.807) is 0 Å². The maximum Gasteiger partial charge on any atom is 0.231 e. The van der Waals surface area contributed by atoms with E-state index in [9.17, 15) is 4.79 Å². The highest BCUT2D eigenvalue weighted by Gasteiger charge is 2.18. The average Bonchev–Trinajstić information content (AvgIpc) is 2.56. The van der Waals surface area contributed by atoms with Crippen molar-refractivity contribution in [1.82, 2.24) is 0 Å². The van der Waals surface area contributed by atoms with Crippen molar-refractivity contribution in [3.8, 4) is 0 Å². The highest BCUT2D eigenvalue weighted by atomic mass is 16.1. The fraction of sp³-hybridized carbons (Fsp3) is 0.350. The Labute approximate surface area is 133 Å². The molecule has 116 valence electrons. The van der Waals surface area contributed by atoms with Crippen molar-refractivity contribution in [2.75, 3.05) is 5.32 Å². The van der Waals surface area contributed by atoms with Crippen LogP contribution < -0.4 is 5.32 Å². The van der Waals surface area contributed by atoms with Crippen LogP contribution in [0.2, 0.25) is 0 Å². The third-order valence-corrected chi connectivity index (χ3v) is 3.97. The molecular formula is C20H25NO. The van der Waals surface area contributed by atoms with Gasteiger partial charge in [-0.05, 0) is 42.5 Å². The van der Waals surface area contributed by atoms with E-state index in [-0.39, 0.29) is 11.8 Å². The van der Waals surface area contributed by atoms with Crippen molar-refractivity contribution in [3.05, 3.63) is 65.7 Å². The van der Waals surface area contributed by atoms with E-state index in [0.29, 0.717) is 0 Å². The predicted molar refractivity (Wildman–Crippen MR) is 93.2 cm³/mol. The Balaban J connectivity index is 2.01. The van der Waals surface area contributed by atoms with E-state index in [0.717, 1.165) is 24.1 Å². The van der Waals surface area contributed by atoms with Crippen LogP contribution in [-0.4, -0.2) is 5.91 Å². The third kappa shape index (κ3) is 4.45. The molecule has 2 rings (SSSR count). The fourth-order valence-corrected chi connectivity index (χ4v) is 2.62. The van der Waals surface area contributed by atoms with E-state index < -0.39 is 0 Å². The van der Waals surface area contributed by atoms with Gasteiger partial charge in [-0.25, -0.2) is 0 Å². The van der Waals surface area contributed by atoms with Crippen molar-refractivity contribution in [1.29, 1.82) is 0 Å². The van der Waals surface area contributed by atoms with Gasteiger partial charge in [-0.15, -0.1) is 0 Å². The molecule has 22 heavy (non-hydrogen) atoms. The van der Waals surface area contributed by atoms with E-state index in [1.165, 1.54) is 18.4 Å². The third-order valence-electron chi connectivity index (χ3n) is 3.97. The van der Waals surface area contributed by atoms with Crippen LogP contribution >= 0.6 is 0 Å². The molecule has 0 aliphatic carbocycles. The number of aryl methyl sites for hydroxylation is 1. The molecule has 0 spiro atoms. The van der Waals surface area contributed by atoms with E-state index >= 15 is 0 Å². The van der Waals surface area contributed by atoms with Crippen molar-refractivity contribution < 1.29 is 4.79 Å². The minimum atomic E-state index is -0.0963. The fourth-order valence-electron chi connectivity index (χ4n) is 2.62. The molecule has 0 fully saturated rings. The average molecular weight is 295 g/mol. The molecule has 2 heteroatoms. The van der Waals surface area contributed by atoms with Crippen LogP contribution in [-0.2, 0) is 11.2 Å². The molecule has 0 aliphatic heterocycles. The molecule has 2 aromatic rings. The number of hydrogen-bond donors (Lipinski definition) is 1. The number of carbonyl (C=O) groups excluding carboxylic acids is 1. The summed E-state index contributed by atoms with van der Waals surface area (Å²) < 4.78 is 0. The first-order valence-corrected chi connectivity index (χ1v) is 8.19. The Morgan fingerprint density at radius 2 is 1.68 bits per heavy atom. The zero-order valence-electron chi connectivity index (χ0n) is 13.5. The number of unbranched alkanes of at least 4 members (excludes halogenated alkanes) is 1. The van der Waals surface area contributed by atoms with Crippen LogP contribution in [0.3, 0.4) is 0 Å². The molecule has 0 saturated heterocycles. The van der Waals surface area contributed by atoms with E-state index in [2.05, 4.69) is 24.4 Å². The van der Waals surface area contributed by atoms with Crippen LogP contribution in [0.5, 0.6) is 0 Å². The minimum Gasteiger partial charge on any atom is -0.326 e. The SMILES string of the molecule is CCCCc1ccc(NC(=O)C(CC)c2ccccc2)cc1. The van der Waals surface area contributed by atoms with Crippen LogP contribution in [0.4, 0.5) is 5.69 Å². The van der Waals surface area contributed by atoms with Gasteiger partial charge in [0, 0.05) is 5.69 Å². The van der Waals surface area contributed by atoms with Gasteiger partial charge < -0.3 is 5.32 Å². The number of hydrogen-bond acceptors (Lipinski definition) is 1. The normalized spacial score (nSPS) is 11.9. The summed E-state index contributed by atoms with van der Waals surface area (Å²) in [7, 11) is 0. The Hall–Kier alpha value is -2.09. The lowest BCUT2D eigenvalue weighted by Crippen LogP contribution is -2.20. The molecule has 1 N–H and O–H groups in total. The van der Waals surface area contributed by atoms with Gasteiger partial charge in [0.15, 0.2) is 0 Å². The quantitative estimate of drug-likeness (QED) is 0.751. The molecule has 0 aromatic heterocycles. The Morgan fingerprint density at radius 3 is 2.27 bits per heavy atom. The lowest BCUT2D eigenvalue weighted by atomic mass is 9.95. The van der Waals surface area contributed by atoms with Gasteiger partial charge in [-0.2, -0.15) is 0 Å². The predicted octanol–water partition coefficient (Wildman–Crippen LogP) is 5.16. The number of nitrogens with one attached hydrogen (secondary N) is 1. The molecule has 0 saturated carbocycles. The van der Waals surface area contributed by atoms with Crippen LogP contribution in [0.1, 0.15) is 50.2 Å². The van der Waals surface area contributed by atoms with Gasteiger partial charge >= 0.3 is 0 Å². The van der Waals surface area contributed by atoms with Gasteiger partial charge in [0.05, 0.1) is 5.92 Å². The summed E-state index contributed by atoms with van der Waals surface area (Å²) in [4.78, 5) is 12.5. The molecule has 2 aromatic carbocycles. The van der Waals surface area contributed by atoms with Gasteiger partial charge in [0.2, 0.25) is 5.91 Å². The second kappa shape index (κ2) is 8.38. The van der Waals surface area contributed by atoms with E-state index in [1.807, 2.05) is 49.4 Å². The highest BCUT2D eigenvalue weighted by Crippen LogP contribution is 2.21. The molecule has 1 unspecified atom stereocenters. The Morgan fingerprint density at radius 1 is 1.00 bits per heavy atom. The summed E-state index contributed by atoms with van der Waals surface area (Å²) in [6.07, 6.45) is 4.31. The van der Waals surface area contributed by atoms with Gasteiger partial charge in [0.25, 0.3) is 0 Å². The number of anilines is 1. The molecule has 0 radical (unpaired) electrons. The molecule has 1 atom stereocenters. The van der Waals surface area contributed by atoms with Crippen LogP contribution in [0.15, 0.2) is 54.6 Å². The van der Waals surface area contributed by atoms with Crippen molar-refractivity contribution in [3.63, 3.8) is 0 Å². The molecule has 1 amide bonds. The Bertz CT molecular complexity index is 574. The lowest BCUT2D eigenvalue weighted by Gasteiger charge is -2.15.